The van der Waals surface area contributed by atoms with Crippen molar-refractivity contribution >= 4 is 11.9 Å². The van der Waals surface area contributed by atoms with Crippen LogP contribution in [0.3, 0.4) is 0 Å². The SMILES string of the molecule is C=C(C)C(=O)OC[C@@H](C)OCC(C)OCC(C)OC(=O)C(=C)C. The van der Waals surface area contributed by atoms with E-state index in [1.54, 1.807) is 27.7 Å². The fourth-order valence-corrected chi connectivity index (χ4v) is 1.33. The van der Waals surface area contributed by atoms with E-state index in [-0.39, 0.29) is 31.5 Å². The van der Waals surface area contributed by atoms with E-state index < -0.39 is 11.9 Å². The van der Waals surface area contributed by atoms with Crippen LogP contribution in [0.5, 0.6) is 0 Å². The molecule has 6 nitrogen and oxygen atoms in total. The number of rotatable bonds is 11. The average Bonchev–Trinajstić information content (AvgIpc) is 2.47. The summed E-state index contributed by atoms with van der Waals surface area (Å²) in [4.78, 5) is 22.6. The topological polar surface area (TPSA) is 71.1 Å². The zero-order valence-corrected chi connectivity index (χ0v) is 14.7. The van der Waals surface area contributed by atoms with Crippen LogP contribution in [0.4, 0.5) is 0 Å². The minimum atomic E-state index is -0.432. The predicted octanol–water partition coefficient (Wildman–Crippen LogP) is 2.42. The number of carbonyl (C=O) groups excluding carboxylic acids is 2. The summed E-state index contributed by atoms with van der Waals surface area (Å²) in [5, 5.41) is 0. The summed E-state index contributed by atoms with van der Waals surface area (Å²) in [5.41, 5.74) is 0.707. The molecule has 0 bridgehead atoms. The predicted molar refractivity (Wildman–Crippen MR) is 87.0 cm³/mol. The van der Waals surface area contributed by atoms with Gasteiger partial charge in [-0.15, -0.1) is 0 Å². The van der Waals surface area contributed by atoms with Crippen LogP contribution in [-0.2, 0) is 28.5 Å². The maximum atomic E-state index is 11.3. The van der Waals surface area contributed by atoms with Crippen LogP contribution in [0.2, 0.25) is 0 Å². The summed E-state index contributed by atoms with van der Waals surface area (Å²) in [5.74, 6) is -0.865. The van der Waals surface area contributed by atoms with E-state index in [1.807, 2.05) is 6.92 Å². The summed E-state index contributed by atoms with van der Waals surface area (Å²) < 4.78 is 21.2. The number of hydrogen-bond acceptors (Lipinski definition) is 6. The molecule has 2 unspecified atom stereocenters. The Morgan fingerprint density at radius 3 is 1.70 bits per heavy atom. The Hall–Kier alpha value is -1.66. The van der Waals surface area contributed by atoms with Gasteiger partial charge in [-0.25, -0.2) is 9.59 Å². The molecule has 0 N–H and O–H groups in total. The second-order valence-electron chi connectivity index (χ2n) is 5.66. The standard InChI is InChI=1S/C17H28O6/c1-11(2)16(18)22-9-14(6)20-8-13(5)21-10-15(7)23-17(19)12(3)4/h13-15H,1,3,8-10H2,2,4-7H3/t13?,14-,15?/m1/s1. The number of hydrogen-bond donors (Lipinski definition) is 0. The van der Waals surface area contributed by atoms with Gasteiger partial charge in [0.25, 0.3) is 0 Å². The van der Waals surface area contributed by atoms with Crippen molar-refractivity contribution in [3.63, 3.8) is 0 Å². The van der Waals surface area contributed by atoms with Gasteiger partial charge in [0.2, 0.25) is 0 Å². The molecule has 0 fully saturated rings. The van der Waals surface area contributed by atoms with Crippen molar-refractivity contribution < 1.29 is 28.5 Å². The highest BCUT2D eigenvalue weighted by Crippen LogP contribution is 2.03. The van der Waals surface area contributed by atoms with Crippen molar-refractivity contribution in [2.24, 2.45) is 0 Å². The van der Waals surface area contributed by atoms with Crippen molar-refractivity contribution in [3.8, 4) is 0 Å². The van der Waals surface area contributed by atoms with Crippen LogP contribution in [0.1, 0.15) is 34.6 Å². The normalized spacial score (nSPS) is 14.5. The van der Waals surface area contributed by atoms with Gasteiger partial charge >= 0.3 is 11.9 Å². The summed E-state index contributed by atoms with van der Waals surface area (Å²) in [7, 11) is 0. The monoisotopic (exact) mass is 328 g/mol. The van der Waals surface area contributed by atoms with Crippen molar-refractivity contribution in [3.05, 3.63) is 24.3 Å². The molecule has 132 valence electrons. The maximum Gasteiger partial charge on any atom is 0.333 e. The molecule has 0 rings (SSSR count). The van der Waals surface area contributed by atoms with Crippen LogP contribution in [0.25, 0.3) is 0 Å². The average molecular weight is 328 g/mol. The molecule has 0 heterocycles. The van der Waals surface area contributed by atoms with E-state index in [9.17, 15) is 9.59 Å². The van der Waals surface area contributed by atoms with Crippen LogP contribution >= 0.6 is 0 Å². The highest BCUT2D eigenvalue weighted by Gasteiger charge is 2.14. The van der Waals surface area contributed by atoms with Crippen LogP contribution in [0.15, 0.2) is 24.3 Å². The Morgan fingerprint density at radius 1 is 0.783 bits per heavy atom. The quantitative estimate of drug-likeness (QED) is 0.428. The molecule has 0 aromatic heterocycles. The molecular formula is C17H28O6. The number of carbonyl (C=O) groups is 2. The lowest BCUT2D eigenvalue weighted by atomic mass is 10.3. The van der Waals surface area contributed by atoms with Gasteiger partial charge in [0.05, 0.1) is 25.4 Å². The highest BCUT2D eigenvalue weighted by molar-refractivity contribution is 5.87. The maximum absolute atomic E-state index is 11.3. The van der Waals surface area contributed by atoms with E-state index in [0.29, 0.717) is 17.8 Å². The fourth-order valence-electron chi connectivity index (χ4n) is 1.33. The van der Waals surface area contributed by atoms with E-state index in [4.69, 9.17) is 18.9 Å². The Balaban J connectivity index is 3.87. The molecule has 0 aliphatic carbocycles. The van der Waals surface area contributed by atoms with Crippen molar-refractivity contribution in [1.82, 2.24) is 0 Å². The summed E-state index contributed by atoms with van der Waals surface area (Å²) in [6.45, 7) is 16.4. The fraction of sp³-hybridized carbons (Fsp3) is 0.647. The van der Waals surface area contributed by atoms with Gasteiger partial charge in [-0.2, -0.15) is 0 Å². The third-order valence-electron chi connectivity index (χ3n) is 2.69. The first-order chi connectivity index (χ1) is 10.6. The Morgan fingerprint density at radius 2 is 1.22 bits per heavy atom. The lowest BCUT2D eigenvalue weighted by molar-refractivity contribution is -0.149. The molecule has 0 radical (unpaired) electrons. The summed E-state index contributed by atoms with van der Waals surface area (Å²) >= 11 is 0. The molecule has 23 heavy (non-hydrogen) atoms. The first-order valence-corrected chi connectivity index (χ1v) is 7.55. The highest BCUT2D eigenvalue weighted by atomic mass is 16.6. The van der Waals surface area contributed by atoms with E-state index >= 15 is 0 Å². The molecule has 0 aromatic rings. The van der Waals surface area contributed by atoms with Gasteiger partial charge in [-0.1, -0.05) is 13.2 Å². The molecule has 0 saturated heterocycles. The smallest absolute Gasteiger partial charge is 0.333 e. The molecule has 0 saturated carbocycles. The molecular weight excluding hydrogens is 300 g/mol. The number of ether oxygens (including phenoxy) is 4. The summed E-state index contributed by atoms with van der Waals surface area (Å²) in [6.07, 6.45) is -0.793. The van der Waals surface area contributed by atoms with Crippen LogP contribution < -0.4 is 0 Å². The van der Waals surface area contributed by atoms with Crippen molar-refractivity contribution in [1.29, 1.82) is 0 Å². The van der Waals surface area contributed by atoms with Crippen LogP contribution in [0, 0.1) is 0 Å². The molecule has 0 amide bonds. The lowest BCUT2D eigenvalue weighted by Crippen LogP contribution is -2.28. The minimum absolute atomic E-state index is 0.158. The minimum Gasteiger partial charge on any atom is -0.460 e. The molecule has 0 aliphatic rings. The van der Waals surface area contributed by atoms with Gasteiger partial charge in [0, 0.05) is 11.1 Å². The van der Waals surface area contributed by atoms with Crippen molar-refractivity contribution in [2.45, 2.75) is 52.9 Å². The Bertz CT molecular complexity index is 429. The van der Waals surface area contributed by atoms with Gasteiger partial charge < -0.3 is 18.9 Å². The third kappa shape index (κ3) is 10.7. The molecule has 0 spiro atoms. The molecule has 0 aliphatic heterocycles. The number of esters is 2. The van der Waals surface area contributed by atoms with Gasteiger partial charge in [-0.3, -0.25) is 0 Å². The van der Waals surface area contributed by atoms with Gasteiger partial charge in [0.1, 0.15) is 12.7 Å². The second-order valence-corrected chi connectivity index (χ2v) is 5.66. The second kappa shape index (κ2) is 11.0. The first-order valence-electron chi connectivity index (χ1n) is 7.55. The Kier molecular flexibility index (Phi) is 10.2. The zero-order valence-electron chi connectivity index (χ0n) is 14.7. The summed E-state index contributed by atoms with van der Waals surface area (Å²) in [6, 6.07) is 0. The van der Waals surface area contributed by atoms with E-state index in [2.05, 4.69) is 13.2 Å². The van der Waals surface area contributed by atoms with Gasteiger partial charge in [-0.05, 0) is 34.6 Å². The zero-order chi connectivity index (χ0) is 18.0. The largest absolute Gasteiger partial charge is 0.460 e. The van der Waals surface area contributed by atoms with Crippen LogP contribution in [-0.4, -0.2) is 50.1 Å². The molecule has 3 atom stereocenters. The van der Waals surface area contributed by atoms with E-state index in [0.717, 1.165) is 0 Å². The Labute approximate surface area is 138 Å². The third-order valence-corrected chi connectivity index (χ3v) is 2.69. The first kappa shape index (κ1) is 21.3. The molecule has 6 heteroatoms. The lowest BCUT2D eigenvalue weighted by Gasteiger charge is -2.20. The van der Waals surface area contributed by atoms with Gasteiger partial charge in [0.15, 0.2) is 0 Å². The van der Waals surface area contributed by atoms with E-state index in [1.165, 1.54) is 0 Å². The van der Waals surface area contributed by atoms with Crippen molar-refractivity contribution in [2.75, 3.05) is 19.8 Å². The molecule has 0 aromatic carbocycles.